The Hall–Kier alpha value is -1.11. The summed E-state index contributed by atoms with van der Waals surface area (Å²) in [6.45, 7) is 13.3. The van der Waals surface area contributed by atoms with Gasteiger partial charge in [0.05, 0.1) is 29.0 Å². The minimum atomic E-state index is -0.939. The zero-order valence-corrected chi connectivity index (χ0v) is 16.4. The molecule has 5 nitrogen and oxygen atoms in total. The van der Waals surface area contributed by atoms with E-state index in [1.807, 2.05) is 34.6 Å². The smallest absolute Gasteiger partial charge is 0.468 e. The molecule has 0 unspecified atom stereocenters. The van der Waals surface area contributed by atoms with E-state index in [9.17, 15) is 4.79 Å². The van der Waals surface area contributed by atoms with Gasteiger partial charge in [0, 0.05) is 11.2 Å². The minimum Gasteiger partial charge on any atom is -0.468 e. The predicted molar refractivity (Wildman–Crippen MR) is 94.7 cm³/mol. The molecule has 0 saturated carbocycles. The fourth-order valence-electron chi connectivity index (χ4n) is 2.59. The van der Waals surface area contributed by atoms with Crippen LogP contribution in [0.3, 0.4) is 0 Å². The van der Waals surface area contributed by atoms with Gasteiger partial charge in [-0.15, -0.1) is 0 Å². The summed E-state index contributed by atoms with van der Waals surface area (Å²) in [5.41, 5.74) is 0.133. The van der Waals surface area contributed by atoms with Crippen LogP contribution >= 0.6 is 11.6 Å². The molecule has 0 spiro atoms. The van der Waals surface area contributed by atoms with E-state index in [2.05, 4.69) is 4.98 Å². The molecule has 0 aliphatic carbocycles. The van der Waals surface area contributed by atoms with Crippen LogP contribution in [0.25, 0.3) is 0 Å². The Morgan fingerprint density at radius 3 is 2.21 bits per heavy atom. The molecule has 0 aromatic carbocycles. The molecule has 0 radical (unpaired) electrons. The van der Waals surface area contributed by atoms with Crippen molar-refractivity contribution in [3.63, 3.8) is 0 Å². The number of esters is 1. The molecule has 24 heavy (non-hydrogen) atoms. The molecule has 1 aromatic rings. The van der Waals surface area contributed by atoms with Crippen molar-refractivity contribution in [1.29, 1.82) is 0 Å². The molecule has 0 atom stereocenters. The number of nitrogens with zero attached hydrogens (tertiary/aromatic N) is 1. The number of hydrogen-bond acceptors (Lipinski definition) is 5. The van der Waals surface area contributed by atoms with Crippen molar-refractivity contribution in [2.24, 2.45) is 0 Å². The molecular weight excluding hydrogens is 328 g/mol. The summed E-state index contributed by atoms with van der Waals surface area (Å²) in [5, 5.41) is 0.390. The number of hydrogen-bond donors (Lipinski definition) is 0. The summed E-state index contributed by atoms with van der Waals surface area (Å²) in [6.07, 6.45) is 0. The van der Waals surface area contributed by atoms with Gasteiger partial charge in [0.2, 0.25) is 0 Å². The Morgan fingerprint density at radius 2 is 1.75 bits per heavy atom. The van der Waals surface area contributed by atoms with Crippen LogP contribution in [0.1, 0.15) is 52.9 Å². The average molecular weight is 354 g/mol. The minimum absolute atomic E-state index is 0.389. The third-order valence-electron chi connectivity index (χ3n) is 5.00. The van der Waals surface area contributed by atoms with Crippen molar-refractivity contribution in [2.45, 2.75) is 65.1 Å². The van der Waals surface area contributed by atoms with Crippen molar-refractivity contribution in [3.8, 4) is 0 Å². The zero-order chi connectivity index (χ0) is 18.5. The number of aryl methyl sites for hydroxylation is 1. The molecule has 1 aliphatic heterocycles. The van der Waals surface area contributed by atoms with Gasteiger partial charge in [0.15, 0.2) is 0 Å². The Balaban J connectivity index is 2.44. The molecule has 1 fully saturated rings. The van der Waals surface area contributed by atoms with Crippen LogP contribution in [0, 0.1) is 6.92 Å². The van der Waals surface area contributed by atoms with Crippen LogP contribution < -0.4 is 5.46 Å². The molecule has 2 heterocycles. The second-order valence-corrected chi connectivity index (χ2v) is 8.11. The zero-order valence-electron chi connectivity index (χ0n) is 15.6. The van der Waals surface area contributed by atoms with E-state index in [1.165, 1.54) is 7.11 Å². The first-order valence-corrected chi connectivity index (χ1v) is 8.33. The van der Waals surface area contributed by atoms with E-state index >= 15 is 0 Å². The topological polar surface area (TPSA) is 57.7 Å². The lowest BCUT2D eigenvalue weighted by molar-refractivity contribution is -0.146. The summed E-state index contributed by atoms with van der Waals surface area (Å²) in [4.78, 5) is 16.6. The summed E-state index contributed by atoms with van der Waals surface area (Å²) >= 11 is 6.43. The van der Waals surface area contributed by atoms with Crippen LogP contribution in [0.2, 0.25) is 5.02 Å². The van der Waals surface area contributed by atoms with Crippen LogP contribution in [-0.2, 0) is 24.3 Å². The van der Waals surface area contributed by atoms with Crippen LogP contribution in [-0.4, -0.2) is 36.4 Å². The molecule has 7 heteroatoms. The van der Waals surface area contributed by atoms with Crippen LogP contribution in [0.15, 0.2) is 6.07 Å². The lowest BCUT2D eigenvalue weighted by Crippen LogP contribution is -2.41. The van der Waals surface area contributed by atoms with Gasteiger partial charge in [-0.3, -0.25) is 9.78 Å². The number of carbonyl (C=O) groups is 1. The number of aromatic nitrogens is 1. The van der Waals surface area contributed by atoms with Gasteiger partial charge in [-0.05, 0) is 54.5 Å². The first kappa shape index (κ1) is 19.2. The number of ether oxygens (including phenoxy) is 1. The van der Waals surface area contributed by atoms with Gasteiger partial charge in [0.1, 0.15) is 5.41 Å². The van der Waals surface area contributed by atoms with E-state index in [0.29, 0.717) is 16.4 Å². The van der Waals surface area contributed by atoms with Gasteiger partial charge in [-0.2, -0.15) is 0 Å². The van der Waals surface area contributed by atoms with Crippen molar-refractivity contribution in [3.05, 3.63) is 22.5 Å². The van der Waals surface area contributed by atoms with Crippen LogP contribution in [0.5, 0.6) is 0 Å². The number of pyridine rings is 1. The fourth-order valence-corrected chi connectivity index (χ4v) is 2.99. The molecule has 2 rings (SSSR count). The highest BCUT2D eigenvalue weighted by atomic mass is 35.5. The molecule has 0 bridgehead atoms. The van der Waals surface area contributed by atoms with Gasteiger partial charge in [-0.1, -0.05) is 11.6 Å². The van der Waals surface area contributed by atoms with Crippen molar-refractivity contribution in [2.75, 3.05) is 7.11 Å². The quantitative estimate of drug-likeness (QED) is 0.618. The maximum Gasteiger partial charge on any atom is 0.496 e. The maximum absolute atomic E-state index is 12.0. The molecular formula is C17H25BClNO4. The second kappa shape index (κ2) is 6.01. The third kappa shape index (κ3) is 3.07. The highest BCUT2D eigenvalue weighted by Crippen LogP contribution is 2.37. The van der Waals surface area contributed by atoms with E-state index in [-0.39, 0.29) is 5.97 Å². The summed E-state index contributed by atoms with van der Waals surface area (Å²) < 4.78 is 17.0. The number of methoxy groups -OCH3 is 1. The largest absolute Gasteiger partial charge is 0.496 e. The fraction of sp³-hybridized carbons (Fsp3) is 0.647. The monoisotopic (exact) mass is 353 g/mol. The Bertz CT molecular complexity index is 657. The van der Waals surface area contributed by atoms with Gasteiger partial charge in [0.25, 0.3) is 0 Å². The summed E-state index contributed by atoms with van der Waals surface area (Å²) in [5.74, 6) is -0.389. The van der Waals surface area contributed by atoms with E-state index in [1.54, 1.807) is 19.9 Å². The number of halogens is 1. The standard InChI is InChI=1S/C17H25BClNO4/c1-10-11(18-23-16(4,5)17(6,7)24-18)9-12(19)13(20-10)15(2,3)14(21)22-8/h9H,1-8H3. The molecule has 132 valence electrons. The normalized spacial score (nSPS) is 19.5. The summed E-state index contributed by atoms with van der Waals surface area (Å²) in [7, 11) is 0.805. The molecule has 0 amide bonds. The van der Waals surface area contributed by atoms with Crippen molar-refractivity contribution < 1.29 is 18.8 Å². The Kier molecular flexibility index (Phi) is 4.81. The van der Waals surface area contributed by atoms with Crippen LogP contribution in [0.4, 0.5) is 0 Å². The Morgan fingerprint density at radius 1 is 1.25 bits per heavy atom. The van der Waals surface area contributed by atoms with Crippen molar-refractivity contribution in [1.82, 2.24) is 4.98 Å². The lowest BCUT2D eigenvalue weighted by atomic mass is 9.77. The predicted octanol–water partition coefficient (Wildman–Crippen LogP) is 2.79. The third-order valence-corrected chi connectivity index (χ3v) is 5.29. The average Bonchev–Trinajstić information content (AvgIpc) is 2.68. The number of carbonyl (C=O) groups excluding carboxylic acids is 1. The highest BCUT2D eigenvalue weighted by molar-refractivity contribution is 6.62. The maximum atomic E-state index is 12.0. The van der Waals surface area contributed by atoms with Crippen molar-refractivity contribution >= 4 is 30.2 Å². The molecule has 1 saturated heterocycles. The summed E-state index contributed by atoms with van der Waals surface area (Å²) in [6, 6.07) is 1.77. The lowest BCUT2D eigenvalue weighted by Gasteiger charge is -2.32. The highest BCUT2D eigenvalue weighted by Gasteiger charge is 2.52. The molecule has 1 aromatic heterocycles. The SMILES string of the molecule is COC(=O)C(C)(C)c1nc(C)c(B2OC(C)(C)C(C)(C)O2)cc1Cl. The first-order chi connectivity index (χ1) is 10.8. The molecule has 0 N–H and O–H groups in total. The van der Waals surface area contributed by atoms with E-state index in [0.717, 1.165) is 5.46 Å². The number of rotatable bonds is 3. The molecule has 1 aliphatic rings. The van der Waals surface area contributed by atoms with Gasteiger partial charge >= 0.3 is 13.1 Å². The first-order valence-electron chi connectivity index (χ1n) is 7.95. The Labute approximate surface area is 149 Å². The second-order valence-electron chi connectivity index (χ2n) is 7.70. The van der Waals surface area contributed by atoms with E-state index < -0.39 is 23.7 Å². The van der Waals surface area contributed by atoms with Gasteiger partial charge < -0.3 is 14.0 Å². The van der Waals surface area contributed by atoms with Gasteiger partial charge in [-0.25, -0.2) is 0 Å². The van der Waals surface area contributed by atoms with E-state index in [4.69, 9.17) is 25.6 Å².